The van der Waals surface area contributed by atoms with Crippen LogP contribution >= 0.6 is 0 Å². The summed E-state index contributed by atoms with van der Waals surface area (Å²) in [6.07, 6.45) is 1.12. The molecule has 1 fully saturated rings. The lowest BCUT2D eigenvalue weighted by Crippen LogP contribution is -2.46. The van der Waals surface area contributed by atoms with Crippen LogP contribution in [0.25, 0.3) is 0 Å². The standard InChI is InChI=1S/C13H20N2O/c1-11-7-8-14-9-13(10-16)15(11)12-5-3-2-4-6-12/h2-6,11,13-14,16H,7-10H2,1H3. The third-order valence-corrected chi connectivity index (χ3v) is 3.25. The fourth-order valence-electron chi connectivity index (χ4n) is 2.39. The van der Waals surface area contributed by atoms with E-state index in [9.17, 15) is 5.11 Å². The van der Waals surface area contributed by atoms with Crippen LogP contribution in [0.4, 0.5) is 5.69 Å². The van der Waals surface area contributed by atoms with Crippen LogP contribution in [-0.4, -0.2) is 36.9 Å². The molecular formula is C13H20N2O. The third-order valence-electron chi connectivity index (χ3n) is 3.25. The highest BCUT2D eigenvalue weighted by molar-refractivity contribution is 5.48. The van der Waals surface area contributed by atoms with Gasteiger partial charge in [0.05, 0.1) is 12.6 Å². The van der Waals surface area contributed by atoms with Crippen molar-refractivity contribution >= 4 is 5.69 Å². The molecule has 2 unspecified atom stereocenters. The molecule has 1 saturated heterocycles. The molecule has 0 radical (unpaired) electrons. The van der Waals surface area contributed by atoms with E-state index in [0.717, 1.165) is 19.5 Å². The van der Waals surface area contributed by atoms with Crippen LogP contribution < -0.4 is 10.2 Å². The molecule has 88 valence electrons. The Labute approximate surface area is 97.1 Å². The topological polar surface area (TPSA) is 35.5 Å². The fourth-order valence-corrected chi connectivity index (χ4v) is 2.39. The lowest BCUT2D eigenvalue weighted by molar-refractivity contribution is 0.256. The van der Waals surface area contributed by atoms with E-state index in [1.807, 2.05) is 6.07 Å². The molecule has 1 aromatic carbocycles. The highest BCUT2D eigenvalue weighted by Crippen LogP contribution is 2.22. The lowest BCUT2D eigenvalue weighted by atomic mass is 10.1. The first kappa shape index (κ1) is 11.4. The summed E-state index contributed by atoms with van der Waals surface area (Å²) in [4.78, 5) is 2.33. The Morgan fingerprint density at radius 2 is 2.12 bits per heavy atom. The average molecular weight is 220 g/mol. The van der Waals surface area contributed by atoms with Gasteiger partial charge in [0.15, 0.2) is 0 Å². The van der Waals surface area contributed by atoms with Gasteiger partial charge in [-0.05, 0) is 32.0 Å². The van der Waals surface area contributed by atoms with Gasteiger partial charge < -0.3 is 15.3 Å². The van der Waals surface area contributed by atoms with Gasteiger partial charge in [-0.1, -0.05) is 18.2 Å². The summed E-state index contributed by atoms with van der Waals surface area (Å²) in [7, 11) is 0. The fraction of sp³-hybridized carbons (Fsp3) is 0.538. The maximum atomic E-state index is 9.48. The second-order valence-corrected chi connectivity index (χ2v) is 4.42. The van der Waals surface area contributed by atoms with Crippen molar-refractivity contribution in [3.05, 3.63) is 30.3 Å². The molecule has 1 aliphatic heterocycles. The van der Waals surface area contributed by atoms with E-state index in [2.05, 4.69) is 41.4 Å². The first-order valence-electron chi connectivity index (χ1n) is 5.98. The maximum absolute atomic E-state index is 9.48. The van der Waals surface area contributed by atoms with Crippen molar-refractivity contribution < 1.29 is 5.11 Å². The Hall–Kier alpha value is -1.06. The van der Waals surface area contributed by atoms with Crippen LogP contribution in [0.15, 0.2) is 30.3 Å². The smallest absolute Gasteiger partial charge is 0.0648 e. The van der Waals surface area contributed by atoms with Crippen molar-refractivity contribution in [1.29, 1.82) is 0 Å². The molecule has 0 aromatic heterocycles. The van der Waals surface area contributed by atoms with Gasteiger partial charge in [0.25, 0.3) is 0 Å². The number of aliphatic hydroxyl groups is 1. The van der Waals surface area contributed by atoms with Crippen LogP contribution in [0.5, 0.6) is 0 Å². The minimum atomic E-state index is 0.180. The van der Waals surface area contributed by atoms with Gasteiger partial charge in [-0.2, -0.15) is 0 Å². The zero-order valence-corrected chi connectivity index (χ0v) is 9.76. The van der Waals surface area contributed by atoms with Crippen LogP contribution in [0.2, 0.25) is 0 Å². The van der Waals surface area contributed by atoms with Crippen molar-refractivity contribution in [2.45, 2.75) is 25.4 Å². The summed E-state index contributed by atoms with van der Waals surface area (Å²) < 4.78 is 0. The Morgan fingerprint density at radius 3 is 2.81 bits per heavy atom. The molecule has 1 heterocycles. The highest BCUT2D eigenvalue weighted by atomic mass is 16.3. The molecule has 16 heavy (non-hydrogen) atoms. The highest BCUT2D eigenvalue weighted by Gasteiger charge is 2.25. The van der Waals surface area contributed by atoms with Crippen molar-refractivity contribution in [3.8, 4) is 0 Å². The number of nitrogens with one attached hydrogen (secondary N) is 1. The molecule has 3 heteroatoms. The number of hydrogen-bond donors (Lipinski definition) is 2. The number of anilines is 1. The number of hydrogen-bond acceptors (Lipinski definition) is 3. The zero-order valence-electron chi connectivity index (χ0n) is 9.76. The summed E-state index contributed by atoms with van der Waals surface area (Å²) in [6, 6.07) is 11.0. The molecule has 2 atom stereocenters. The van der Waals surface area contributed by atoms with Gasteiger partial charge in [-0.3, -0.25) is 0 Å². The third kappa shape index (κ3) is 2.36. The summed E-state index contributed by atoms with van der Waals surface area (Å²) in [5.41, 5.74) is 1.21. The number of nitrogens with zero attached hydrogens (tertiary/aromatic N) is 1. The van der Waals surface area contributed by atoms with Gasteiger partial charge in [0, 0.05) is 18.3 Å². The van der Waals surface area contributed by atoms with E-state index in [1.165, 1.54) is 5.69 Å². The largest absolute Gasteiger partial charge is 0.394 e. The van der Waals surface area contributed by atoms with Crippen molar-refractivity contribution in [3.63, 3.8) is 0 Å². The van der Waals surface area contributed by atoms with Gasteiger partial charge in [0.2, 0.25) is 0 Å². The van der Waals surface area contributed by atoms with E-state index in [1.54, 1.807) is 0 Å². The second-order valence-electron chi connectivity index (χ2n) is 4.42. The predicted octanol–water partition coefficient (Wildman–Crippen LogP) is 1.24. The second kappa shape index (κ2) is 5.32. The van der Waals surface area contributed by atoms with Gasteiger partial charge in [-0.15, -0.1) is 0 Å². The summed E-state index contributed by atoms with van der Waals surface area (Å²) in [6.45, 7) is 4.31. The van der Waals surface area contributed by atoms with E-state index in [0.29, 0.717) is 6.04 Å². The van der Waals surface area contributed by atoms with Gasteiger partial charge >= 0.3 is 0 Å². The normalized spacial score (nSPS) is 26.5. The number of rotatable bonds is 2. The molecule has 1 aromatic rings. The van der Waals surface area contributed by atoms with E-state index in [-0.39, 0.29) is 12.6 Å². The van der Waals surface area contributed by atoms with Crippen LogP contribution in [0.3, 0.4) is 0 Å². The zero-order chi connectivity index (χ0) is 11.4. The SMILES string of the molecule is CC1CCNCC(CO)N1c1ccccc1. The summed E-state index contributed by atoms with van der Waals surface area (Å²) in [5.74, 6) is 0. The summed E-state index contributed by atoms with van der Waals surface area (Å²) >= 11 is 0. The summed E-state index contributed by atoms with van der Waals surface area (Å²) in [5, 5.41) is 12.9. The number of benzene rings is 1. The average Bonchev–Trinajstić information content (AvgIpc) is 2.51. The lowest BCUT2D eigenvalue weighted by Gasteiger charge is -2.35. The Bertz CT molecular complexity index is 315. The molecule has 2 N–H and O–H groups in total. The molecular weight excluding hydrogens is 200 g/mol. The van der Waals surface area contributed by atoms with Crippen molar-refractivity contribution in [2.75, 3.05) is 24.6 Å². The van der Waals surface area contributed by atoms with Crippen LogP contribution in [-0.2, 0) is 0 Å². The van der Waals surface area contributed by atoms with Crippen LogP contribution in [0, 0.1) is 0 Å². The molecule has 1 aliphatic rings. The Balaban J connectivity index is 2.25. The molecule has 0 aliphatic carbocycles. The Morgan fingerprint density at radius 1 is 1.38 bits per heavy atom. The maximum Gasteiger partial charge on any atom is 0.0648 e. The quantitative estimate of drug-likeness (QED) is 0.787. The van der Waals surface area contributed by atoms with E-state index < -0.39 is 0 Å². The van der Waals surface area contributed by atoms with Gasteiger partial charge in [0.1, 0.15) is 0 Å². The first-order chi connectivity index (χ1) is 7.83. The van der Waals surface area contributed by atoms with Crippen LogP contribution in [0.1, 0.15) is 13.3 Å². The molecule has 0 saturated carbocycles. The molecule has 0 amide bonds. The van der Waals surface area contributed by atoms with Crippen molar-refractivity contribution in [1.82, 2.24) is 5.32 Å². The monoisotopic (exact) mass is 220 g/mol. The minimum Gasteiger partial charge on any atom is -0.394 e. The number of aliphatic hydroxyl groups excluding tert-OH is 1. The Kier molecular flexibility index (Phi) is 3.80. The minimum absolute atomic E-state index is 0.180. The van der Waals surface area contributed by atoms with Gasteiger partial charge in [-0.25, -0.2) is 0 Å². The first-order valence-corrected chi connectivity index (χ1v) is 5.98. The molecule has 2 rings (SSSR count). The van der Waals surface area contributed by atoms with Crippen molar-refractivity contribution in [2.24, 2.45) is 0 Å². The predicted molar refractivity (Wildman–Crippen MR) is 66.7 cm³/mol. The van der Waals surface area contributed by atoms with E-state index in [4.69, 9.17) is 0 Å². The molecule has 3 nitrogen and oxygen atoms in total. The number of para-hydroxylation sites is 1. The molecule has 0 bridgehead atoms. The molecule has 0 spiro atoms. The van der Waals surface area contributed by atoms with E-state index >= 15 is 0 Å².